The van der Waals surface area contributed by atoms with Gasteiger partial charge in [-0.15, -0.1) is 0 Å². The Hall–Kier alpha value is -2.76. The minimum atomic E-state index is 0.846. The van der Waals surface area contributed by atoms with E-state index in [4.69, 9.17) is 10.4 Å². The van der Waals surface area contributed by atoms with Crippen LogP contribution in [0.5, 0.6) is 0 Å². The standard InChI is InChI=1S/C16H18N4O2/c21-17-13-15-7-1-3-9-19(15)11-5-6-12-20-10-4-2-8-16(20)14-18-22/h1-4,7-10,13-14H,5-6,11-12H2/p+2. The highest BCUT2D eigenvalue weighted by Gasteiger charge is 2.10. The molecule has 0 aliphatic rings. The van der Waals surface area contributed by atoms with Crippen LogP contribution >= 0.6 is 0 Å². The minimum absolute atomic E-state index is 0.846. The lowest BCUT2D eigenvalue weighted by molar-refractivity contribution is -0.709. The molecule has 2 aromatic heterocycles. The summed E-state index contributed by atoms with van der Waals surface area (Å²) in [5.41, 5.74) is 1.73. The van der Waals surface area contributed by atoms with Gasteiger partial charge in [-0.2, -0.15) is 9.13 Å². The van der Waals surface area contributed by atoms with Gasteiger partial charge in [0.25, 0.3) is 0 Å². The van der Waals surface area contributed by atoms with Gasteiger partial charge in [0.15, 0.2) is 12.4 Å². The van der Waals surface area contributed by atoms with E-state index in [9.17, 15) is 0 Å². The Morgan fingerprint density at radius 3 is 1.64 bits per heavy atom. The molecule has 0 aliphatic heterocycles. The maximum Gasteiger partial charge on any atom is 0.227 e. The first-order chi connectivity index (χ1) is 10.8. The third-order valence-electron chi connectivity index (χ3n) is 3.38. The number of pyridine rings is 2. The average molecular weight is 300 g/mol. The molecule has 0 spiro atoms. The minimum Gasteiger partial charge on any atom is -0.411 e. The first-order valence-electron chi connectivity index (χ1n) is 7.17. The number of aryl methyl sites for hydroxylation is 2. The van der Waals surface area contributed by atoms with Crippen molar-refractivity contribution >= 4 is 12.4 Å². The zero-order valence-electron chi connectivity index (χ0n) is 12.3. The molecule has 0 saturated heterocycles. The number of aromatic nitrogens is 2. The van der Waals surface area contributed by atoms with E-state index in [1.165, 1.54) is 12.4 Å². The molecule has 2 rings (SSSR count). The Kier molecular flexibility index (Phi) is 6.04. The van der Waals surface area contributed by atoms with Crippen LogP contribution in [0, 0.1) is 0 Å². The van der Waals surface area contributed by atoms with Crippen molar-refractivity contribution < 1.29 is 19.5 Å². The number of rotatable bonds is 7. The second kappa shape index (κ2) is 8.51. The molecule has 0 radical (unpaired) electrons. The van der Waals surface area contributed by atoms with Gasteiger partial charge in [-0.05, 0) is 12.1 Å². The summed E-state index contributed by atoms with van der Waals surface area (Å²) in [4.78, 5) is 0. The molecule has 22 heavy (non-hydrogen) atoms. The number of nitrogens with zero attached hydrogens (tertiary/aromatic N) is 4. The molecular weight excluding hydrogens is 280 g/mol. The van der Waals surface area contributed by atoms with Gasteiger partial charge in [-0.3, -0.25) is 0 Å². The fourth-order valence-corrected chi connectivity index (χ4v) is 2.30. The molecule has 0 atom stereocenters. The highest BCUT2D eigenvalue weighted by Crippen LogP contribution is 1.95. The van der Waals surface area contributed by atoms with Crippen LogP contribution in [0.4, 0.5) is 0 Å². The van der Waals surface area contributed by atoms with Crippen LogP contribution in [0.3, 0.4) is 0 Å². The third-order valence-corrected chi connectivity index (χ3v) is 3.38. The molecule has 0 bridgehead atoms. The molecule has 0 fully saturated rings. The lowest BCUT2D eigenvalue weighted by atomic mass is 10.2. The highest BCUT2D eigenvalue weighted by atomic mass is 16.4. The first kappa shape index (κ1) is 15.6. The maximum atomic E-state index is 8.67. The fraction of sp³-hybridized carbons (Fsp3) is 0.250. The van der Waals surface area contributed by atoms with Gasteiger partial charge in [-0.25, -0.2) is 0 Å². The van der Waals surface area contributed by atoms with Crippen molar-refractivity contribution in [2.75, 3.05) is 0 Å². The number of hydrogen-bond donors (Lipinski definition) is 2. The van der Waals surface area contributed by atoms with E-state index in [0.717, 1.165) is 37.3 Å². The van der Waals surface area contributed by atoms with Gasteiger partial charge in [0.2, 0.25) is 11.4 Å². The van der Waals surface area contributed by atoms with Crippen LogP contribution in [0.15, 0.2) is 59.1 Å². The zero-order chi connectivity index (χ0) is 15.6. The summed E-state index contributed by atoms with van der Waals surface area (Å²) in [5.74, 6) is 0. The van der Waals surface area contributed by atoms with E-state index in [0.29, 0.717) is 0 Å². The van der Waals surface area contributed by atoms with Gasteiger partial charge in [-0.1, -0.05) is 10.3 Å². The molecule has 2 aromatic rings. The molecule has 6 heteroatoms. The van der Waals surface area contributed by atoms with Crippen molar-refractivity contribution in [3.63, 3.8) is 0 Å². The second-order valence-corrected chi connectivity index (χ2v) is 4.83. The van der Waals surface area contributed by atoms with Crippen LogP contribution < -0.4 is 9.13 Å². The van der Waals surface area contributed by atoms with Crippen molar-refractivity contribution in [2.24, 2.45) is 10.3 Å². The lowest BCUT2D eigenvalue weighted by Gasteiger charge is -2.01. The fourth-order valence-electron chi connectivity index (χ4n) is 2.30. The van der Waals surface area contributed by atoms with Gasteiger partial charge in [0.1, 0.15) is 25.5 Å². The van der Waals surface area contributed by atoms with Crippen LogP contribution in [-0.4, -0.2) is 22.8 Å². The maximum absolute atomic E-state index is 8.67. The van der Waals surface area contributed by atoms with Crippen molar-refractivity contribution in [2.45, 2.75) is 25.9 Å². The Bertz CT molecular complexity index is 599. The molecule has 0 amide bonds. The molecule has 2 N–H and O–H groups in total. The lowest BCUT2D eigenvalue weighted by Crippen LogP contribution is -2.40. The largest absolute Gasteiger partial charge is 0.411 e. The van der Waals surface area contributed by atoms with E-state index >= 15 is 0 Å². The molecule has 0 aromatic carbocycles. The summed E-state index contributed by atoms with van der Waals surface area (Å²) >= 11 is 0. The second-order valence-electron chi connectivity index (χ2n) is 4.83. The SMILES string of the molecule is O/N=C\c1cccc[n+]1CCCC[n+]1ccccc1/C=N\O. The zero-order valence-corrected chi connectivity index (χ0v) is 12.3. The molecule has 0 saturated carbocycles. The van der Waals surface area contributed by atoms with Crippen molar-refractivity contribution in [3.05, 3.63) is 60.2 Å². The van der Waals surface area contributed by atoms with Crippen molar-refractivity contribution in [1.29, 1.82) is 0 Å². The van der Waals surface area contributed by atoms with Crippen LogP contribution in [0.25, 0.3) is 0 Å². The normalized spacial score (nSPS) is 11.5. The smallest absolute Gasteiger partial charge is 0.227 e. The number of oxime groups is 2. The van der Waals surface area contributed by atoms with E-state index in [1.54, 1.807) is 0 Å². The third kappa shape index (κ3) is 4.37. The summed E-state index contributed by atoms with van der Waals surface area (Å²) < 4.78 is 4.09. The van der Waals surface area contributed by atoms with E-state index < -0.39 is 0 Å². The Morgan fingerprint density at radius 2 is 1.23 bits per heavy atom. The Morgan fingerprint density at radius 1 is 0.773 bits per heavy atom. The van der Waals surface area contributed by atoms with E-state index in [-0.39, 0.29) is 0 Å². The molecule has 114 valence electrons. The monoisotopic (exact) mass is 300 g/mol. The van der Waals surface area contributed by atoms with Crippen LogP contribution in [-0.2, 0) is 13.1 Å². The van der Waals surface area contributed by atoms with Gasteiger partial charge in [0, 0.05) is 37.1 Å². The molecule has 2 heterocycles. The van der Waals surface area contributed by atoms with Crippen molar-refractivity contribution in [1.82, 2.24) is 0 Å². The van der Waals surface area contributed by atoms with Crippen LogP contribution in [0.2, 0.25) is 0 Å². The van der Waals surface area contributed by atoms with Crippen LogP contribution in [0.1, 0.15) is 24.2 Å². The van der Waals surface area contributed by atoms with Gasteiger partial charge in [0.05, 0.1) is 0 Å². The van der Waals surface area contributed by atoms with Crippen molar-refractivity contribution in [3.8, 4) is 0 Å². The Labute approximate surface area is 129 Å². The van der Waals surface area contributed by atoms with Gasteiger partial charge >= 0.3 is 0 Å². The molecule has 0 unspecified atom stereocenters. The molecular formula is C16H20N4O2+2. The Balaban J connectivity index is 1.90. The van der Waals surface area contributed by atoms with E-state index in [1.807, 2.05) is 57.9 Å². The van der Waals surface area contributed by atoms with Gasteiger partial charge < -0.3 is 10.4 Å². The number of hydrogen-bond acceptors (Lipinski definition) is 4. The van der Waals surface area contributed by atoms with E-state index in [2.05, 4.69) is 10.3 Å². The highest BCUT2D eigenvalue weighted by molar-refractivity contribution is 5.74. The average Bonchev–Trinajstić information content (AvgIpc) is 2.55. The summed E-state index contributed by atoms with van der Waals surface area (Å²) in [7, 11) is 0. The summed E-state index contributed by atoms with van der Waals surface area (Å²) in [6.45, 7) is 1.69. The topological polar surface area (TPSA) is 72.9 Å². The quantitative estimate of drug-likeness (QED) is 0.266. The summed E-state index contributed by atoms with van der Waals surface area (Å²) in [5, 5.41) is 23.5. The number of unbranched alkanes of at least 4 members (excludes halogenated alkanes) is 1. The molecule has 0 aliphatic carbocycles. The summed E-state index contributed by atoms with van der Waals surface area (Å²) in [6, 6.07) is 11.5. The predicted molar refractivity (Wildman–Crippen MR) is 81.3 cm³/mol. The summed E-state index contributed by atoms with van der Waals surface area (Å²) in [6.07, 6.45) is 8.77. The molecule has 6 nitrogen and oxygen atoms in total. The predicted octanol–water partition coefficient (Wildman–Crippen LogP) is 1.36. The first-order valence-corrected chi connectivity index (χ1v) is 7.17.